The maximum Gasteiger partial charge on any atom is 0.231 e. The normalized spacial score (nSPS) is 26.8. The molecule has 0 aromatic heterocycles. The summed E-state index contributed by atoms with van der Waals surface area (Å²) < 4.78 is 0. The molecule has 1 heterocycles. The van der Waals surface area contributed by atoms with Crippen molar-refractivity contribution in [2.75, 3.05) is 7.05 Å². The standard InChI is InChI=1S/C11H13NO/c1-8-3-5-9-7-11(13)12(2)10(9)6-4-8/h3-6,8H,7H2,1-2H3. The average Bonchev–Trinajstić information content (AvgIpc) is 2.28. The fraction of sp³-hybridized carbons (Fsp3) is 0.364. The first kappa shape index (κ1) is 8.30. The van der Waals surface area contributed by atoms with Crippen LogP contribution in [0.25, 0.3) is 0 Å². The van der Waals surface area contributed by atoms with Crippen molar-refractivity contribution in [2.45, 2.75) is 13.3 Å². The van der Waals surface area contributed by atoms with Crippen molar-refractivity contribution in [1.29, 1.82) is 0 Å². The van der Waals surface area contributed by atoms with Crippen LogP contribution in [0.5, 0.6) is 0 Å². The van der Waals surface area contributed by atoms with Gasteiger partial charge in [0, 0.05) is 12.7 Å². The summed E-state index contributed by atoms with van der Waals surface area (Å²) in [6.45, 7) is 2.14. The van der Waals surface area contributed by atoms with Crippen molar-refractivity contribution in [2.24, 2.45) is 5.92 Å². The predicted molar refractivity (Wildman–Crippen MR) is 51.9 cm³/mol. The SMILES string of the molecule is CC1C=CC2=C(C=C1)N(C)C(=O)C2. The van der Waals surface area contributed by atoms with Crippen LogP contribution in [-0.2, 0) is 4.79 Å². The maximum atomic E-state index is 11.4. The van der Waals surface area contributed by atoms with E-state index >= 15 is 0 Å². The topological polar surface area (TPSA) is 20.3 Å². The second kappa shape index (κ2) is 2.87. The molecule has 1 atom stereocenters. The van der Waals surface area contributed by atoms with Gasteiger partial charge < -0.3 is 4.90 Å². The van der Waals surface area contributed by atoms with Crippen LogP contribution in [0, 0.1) is 5.92 Å². The molecular weight excluding hydrogens is 162 g/mol. The Bertz CT molecular complexity index is 336. The van der Waals surface area contributed by atoms with Crippen molar-refractivity contribution >= 4 is 5.91 Å². The molecule has 1 amide bonds. The van der Waals surface area contributed by atoms with Crippen LogP contribution < -0.4 is 0 Å². The molecule has 0 N–H and O–H groups in total. The fourth-order valence-electron chi connectivity index (χ4n) is 1.66. The highest BCUT2D eigenvalue weighted by Gasteiger charge is 2.24. The minimum Gasteiger partial charge on any atom is -0.315 e. The highest BCUT2D eigenvalue weighted by Crippen LogP contribution is 2.27. The van der Waals surface area contributed by atoms with Gasteiger partial charge in [0.2, 0.25) is 5.91 Å². The molecular formula is C11H13NO. The number of rotatable bonds is 0. The Balaban J connectivity index is 2.38. The van der Waals surface area contributed by atoms with E-state index in [4.69, 9.17) is 0 Å². The molecule has 0 bridgehead atoms. The highest BCUT2D eigenvalue weighted by atomic mass is 16.2. The van der Waals surface area contributed by atoms with E-state index in [0.717, 1.165) is 11.3 Å². The van der Waals surface area contributed by atoms with Gasteiger partial charge in [0.25, 0.3) is 0 Å². The van der Waals surface area contributed by atoms with E-state index < -0.39 is 0 Å². The first-order valence-electron chi connectivity index (χ1n) is 4.54. The van der Waals surface area contributed by atoms with E-state index in [9.17, 15) is 4.79 Å². The smallest absolute Gasteiger partial charge is 0.231 e. The molecule has 0 saturated carbocycles. The van der Waals surface area contributed by atoms with Gasteiger partial charge in [-0.1, -0.05) is 25.2 Å². The van der Waals surface area contributed by atoms with Gasteiger partial charge in [-0.3, -0.25) is 4.79 Å². The fourth-order valence-corrected chi connectivity index (χ4v) is 1.66. The Labute approximate surface area is 78.2 Å². The molecule has 0 aromatic carbocycles. The Morgan fingerprint density at radius 1 is 1.38 bits per heavy atom. The van der Waals surface area contributed by atoms with Crippen LogP contribution in [0.2, 0.25) is 0 Å². The molecule has 1 unspecified atom stereocenters. The molecule has 13 heavy (non-hydrogen) atoms. The predicted octanol–water partition coefficient (Wildman–Crippen LogP) is 1.86. The summed E-state index contributed by atoms with van der Waals surface area (Å²) in [6.07, 6.45) is 8.92. The molecule has 0 saturated heterocycles. The van der Waals surface area contributed by atoms with Gasteiger partial charge >= 0.3 is 0 Å². The summed E-state index contributed by atoms with van der Waals surface area (Å²) in [5.41, 5.74) is 2.21. The van der Waals surface area contributed by atoms with Crippen LogP contribution in [-0.4, -0.2) is 17.9 Å². The summed E-state index contributed by atoms with van der Waals surface area (Å²) in [5, 5.41) is 0. The van der Waals surface area contributed by atoms with Gasteiger partial charge in [0.1, 0.15) is 0 Å². The number of allylic oxidation sites excluding steroid dienone is 4. The lowest BCUT2D eigenvalue weighted by Gasteiger charge is -2.10. The summed E-state index contributed by atoms with van der Waals surface area (Å²) in [4.78, 5) is 13.1. The maximum absolute atomic E-state index is 11.4. The second-order valence-electron chi connectivity index (χ2n) is 3.62. The van der Waals surface area contributed by atoms with Crippen molar-refractivity contribution in [3.63, 3.8) is 0 Å². The van der Waals surface area contributed by atoms with E-state index in [2.05, 4.69) is 25.2 Å². The number of carbonyl (C=O) groups is 1. The van der Waals surface area contributed by atoms with E-state index in [0.29, 0.717) is 12.3 Å². The Kier molecular flexibility index (Phi) is 1.83. The molecule has 68 valence electrons. The Morgan fingerprint density at radius 2 is 2.08 bits per heavy atom. The van der Waals surface area contributed by atoms with E-state index in [1.165, 1.54) is 0 Å². The molecule has 2 nitrogen and oxygen atoms in total. The lowest BCUT2D eigenvalue weighted by atomic mass is 10.1. The summed E-state index contributed by atoms with van der Waals surface area (Å²) in [6, 6.07) is 0. The molecule has 0 spiro atoms. The molecule has 1 aliphatic carbocycles. The van der Waals surface area contributed by atoms with Crippen LogP contribution >= 0.6 is 0 Å². The number of amides is 1. The zero-order chi connectivity index (χ0) is 9.42. The largest absolute Gasteiger partial charge is 0.315 e. The third-order valence-electron chi connectivity index (χ3n) is 2.56. The molecule has 2 heteroatoms. The average molecular weight is 175 g/mol. The quantitative estimate of drug-likeness (QED) is 0.550. The molecule has 0 fully saturated rings. The van der Waals surface area contributed by atoms with Gasteiger partial charge in [-0.2, -0.15) is 0 Å². The molecule has 0 aromatic rings. The van der Waals surface area contributed by atoms with E-state index in [1.54, 1.807) is 4.90 Å². The molecule has 1 aliphatic heterocycles. The summed E-state index contributed by atoms with van der Waals surface area (Å²) in [5.74, 6) is 0.656. The first-order chi connectivity index (χ1) is 6.18. The van der Waals surface area contributed by atoms with Gasteiger partial charge in [-0.25, -0.2) is 0 Å². The minimum absolute atomic E-state index is 0.189. The lowest BCUT2D eigenvalue weighted by Crippen LogP contribution is -2.18. The van der Waals surface area contributed by atoms with Gasteiger partial charge in [0.15, 0.2) is 0 Å². The Morgan fingerprint density at radius 3 is 2.85 bits per heavy atom. The van der Waals surface area contributed by atoms with Crippen LogP contribution in [0.3, 0.4) is 0 Å². The second-order valence-corrected chi connectivity index (χ2v) is 3.62. The zero-order valence-corrected chi connectivity index (χ0v) is 7.95. The third-order valence-corrected chi connectivity index (χ3v) is 2.56. The van der Waals surface area contributed by atoms with Crippen LogP contribution in [0.15, 0.2) is 35.6 Å². The molecule has 0 radical (unpaired) electrons. The molecule has 2 rings (SSSR count). The van der Waals surface area contributed by atoms with Gasteiger partial charge in [-0.05, 0) is 17.6 Å². The van der Waals surface area contributed by atoms with Crippen molar-refractivity contribution in [3.05, 3.63) is 35.6 Å². The summed E-state index contributed by atoms with van der Waals surface area (Å²) >= 11 is 0. The highest BCUT2D eigenvalue weighted by molar-refractivity contribution is 5.86. The number of hydrogen-bond acceptors (Lipinski definition) is 1. The summed E-state index contributed by atoms with van der Waals surface area (Å²) in [7, 11) is 1.83. The number of likely N-dealkylation sites (N-methyl/N-ethyl adjacent to an activating group) is 1. The van der Waals surface area contributed by atoms with Gasteiger partial charge in [0.05, 0.1) is 6.42 Å². The van der Waals surface area contributed by atoms with Gasteiger partial charge in [-0.15, -0.1) is 0 Å². The third kappa shape index (κ3) is 1.32. The molecule has 2 aliphatic rings. The van der Waals surface area contributed by atoms with Crippen molar-refractivity contribution in [1.82, 2.24) is 4.90 Å². The minimum atomic E-state index is 0.189. The number of nitrogens with zero attached hydrogens (tertiary/aromatic N) is 1. The van der Waals surface area contributed by atoms with Crippen LogP contribution in [0.4, 0.5) is 0 Å². The Hall–Kier alpha value is -1.31. The van der Waals surface area contributed by atoms with E-state index in [1.807, 2.05) is 13.1 Å². The lowest BCUT2D eigenvalue weighted by molar-refractivity contribution is -0.125. The van der Waals surface area contributed by atoms with Crippen LogP contribution in [0.1, 0.15) is 13.3 Å². The monoisotopic (exact) mass is 175 g/mol. The number of hydrogen-bond donors (Lipinski definition) is 0. The zero-order valence-electron chi connectivity index (χ0n) is 7.95. The van der Waals surface area contributed by atoms with Crippen molar-refractivity contribution < 1.29 is 4.79 Å². The van der Waals surface area contributed by atoms with E-state index in [-0.39, 0.29) is 5.91 Å². The first-order valence-corrected chi connectivity index (χ1v) is 4.54. The van der Waals surface area contributed by atoms with Crippen molar-refractivity contribution in [3.8, 4) is 0 Å². The number of carbonyl (C=O) groups excluding carboxylic acids is 1.